The Morgan fingerprint density at radius 2 is 1.46 bits per heavy atom. The van der Waals surface area contributed by atoms with Gasteiger partial charge >= 0.3 is 5.97 Å². The van der Waals surface area contributed by atoms with Crippen LogP contribution in [0.1, 0.15) is 86.0 Å². The first-order valence-corrected chi connectivity index (χ1v) is 13.7. The lowest BCUT2D eigenvalue weighted by atomic mass is 9.88. The van der Waals surface area contributed by atoms with Crippen molar-refractivity contribution in [2.24, 2.45) is 17.8 Å². The molecule has 0 aliphatic heterocycles. The molecule has 0 aromatic carbocycles. The summed E-state index contributed by atoms with van der Waals surface area (Å²) in [6.07, 6.45) is 15.3. The van der Waals surface area contributed by atoms with E-state index >= 15 is 0 Å². The largest absolute Gasteiger partial charge is 0.478 e. The normalized spacial score (nSPS) is 18.7. The van der Waals surface area contributed by atoms with E-state index in [9.17, 15) is 25.2 Å². The maximum atomic E-state index is 10.6. The van der Waals surface area contributed by atoms with Crippen molar-refractivity contribution in [2.75, 3.05) is 0 Å². The van der Waals surface area contributed by atoms with Gasteiger partial charge in [-0.25, -0.2) is 4.79 Å². The minimum Gasteiger partial charge on any atom is -0.478 e. The molecular formula is C31H52O6. The van der Waals surface area contributed by atoms with Crippen LogP contribution in [0.25, 0.3) is 0 Å². The molecule has 0 aromatic heterocycles. The van der Waals surface area contributed by atoms with Gasteiger partial charge in [0.05, 0.1) is 24.4 Å². The van der Waals surface area contributed by atoms with Crippen molar-refractivity contribution < 1.29 is 30.3 Å². The number of rotatable bonds is 20. The molecule has 6 nitrogen and oxygen atoms in total. The Kier molecular flexibility index (Phi) is 19.0. The lowest BCUT2D eigenvalue weighted by Gasteiger charge is -2.23. The Hall–Kier alpha value is -1.99. The Morgan fingerprint density at radius 1 is 0.838 bits per heavy atom. The molecule has 7 atom stereocenters. The lowest BCUT2D eigenvalue weighted by molar-refractivity contribution is -0.131. The van der Waals surface area contributed by atoms with Crippen molar-refractivity contribution >= 4 is 5.97 Å². The summed E-state index contributed by atoms with van der Waals surface area (Å²) in [5, 5.41) is 50.4. The van der Waals surface area contributed by atoms with E-state index in [0.29, 0.717) is 25.7 Å². The number of hydrogen-bond donors (Lipinski definition) is 5. The number of hydrogen-bond acceptors (Lipinski definition) is 5. The molecular weight excluding hydrogens is 468 g/mol. The molecule has 7 unspecified atom stereocenters. The second-order valence-electron chi connectivity index (χ2n) is 10.5. The Labute approximate surface area is 224 Å². The number of carboxylic acids is 1. The summed E-state index contributed by atoms with van der Waals surface area (Å²) in [5.41, 5.74) is 1.80. The highest BCUT2D eigenvalue weighted by molar-refractivity contribution is 5.79. The van der Waals surface area contributed by atoms with Gasteiger partial charge < -0.3 is 25.5 Å². The highest BCUT2D eigenvalue weighted by Gasteiger charge is 2.20. The minimum atomic E-state index is -1.04. The summed E-state index contributed by atoms with van der Waals surface area (Å²) >= 11 is 0. The van der Waals surface area contributed by atoms with Gasteiger partial charge in [-0.15, -0.1) is 0 Å². The average Bonchev–Trinajstić information content (AvgIpc) is 2.85. The fourth-order valence-corrected chi connectivity index (χ4v) is 3.95. The van der Waals surface area contributed by atoms with Gasteiger partial charge in [0, 0.05) is 12.0 Å². The van der Waals surface area contributed by atoms with E-state index < -0.39 is 30.4 Å². The van der Waals surface area contributed by atoms with Gasteiger partial charge in [-0.05, 0) is 64.2 Å². The maximum Gasteiger partial charge on any atom is 0.327 e. The topological polar surface area (TPSA) is 118 Å². The minimum absolute atomic E-state index is 0.0226. The van der Waals surface area contributed by atoms with E-state index in [1.807, 2.05) is 32.9 Å². The van der Waals surface area contributed by atoms with Gasteiger partial charge in [0.2, 0.25) is 0 Å². The molecule has 0 heterocycles. The molecule has 0 aromatic rings. The first-order valence-electron chi connectivity index (χ1n) is 13.7. The van der Waals surface area contributed by atoms with Crippen molar-refractivity contribution in [1.82, 2.24) is 0 Å². The summed E-state index contributed by atoms with van der Waals surface area (Å²) in [6, 6.07) is 0. The summed E-state index contributed by atoms with van der Waals surface area (Å²) < 4.78 is 0. The predicted octanol–water partition coefficient (Wildman–Crippen LogP) is 5.73. The van der Waals surface area contributed by atoms with Gasteiger partial charge in [-0.3, -0.25) is 0 Å². The molecule has 212 valence electrons. The quantitative estimate of drug-likeness (QED) is 0.103. The van der Waals surface area contributed by atoms with Gasteiger partial charge in [0.1, 0.15) is 0 Å². The van der Waals surface area contributed by atoms with Crippen LogP contribution in [-0.2, 0) is 4.79 Å². The number of allylic oxidation sites excluding steroid dienone is 4. The fraction of sp³-hybridized carbons (Fsp3) is 0.645. The summed E-state index contributed by atoms with van der Waals surface area (Å²) in [4.78, 5) is 10.6. The molecule has 0 radical (unpaired) electrons. The first-order chi connectivity index (χ1) is 17.4. The standard InChI is InChI=1S/C31H52O6/c1-7-8-9-26(30(35)18-10-22(2)3)15-17-27(32)16-13-24(5)28(33)19-11-23(4)12-20-29(34)25(6)14-21-31(36)37/h10-12,14,18,20-21,24-30,32-35H,2,7-9,13,15-17,19H2,1,3-6H3,(H,36,37). The number of carboxylic acid groups (broad SMARTS) is 1. The molecule has 0 fully saturated rings. The van der Waals surface area contributed by atoms with E-state index in [1.54, 1.807) is 25.2 Å². The summed E-state index contributed by atoms with van der Waals surface area (Å²) in [7, 11) is 0. The van der Waals surface area contributed by atoms with Gasteiger partial charge in [0.15, 0.2) is 0 Å². The van der Waals surface area contributed by atoms with Crippen LogP contribution in [0.15, 0.2) is 60.3 Å². The molecule has 0 saturated heterocycles. The van der Waals surface area contributed by atoms with E-state index in [2.05, 4.69) is 13.5 Å². The van der Waals surface area contributed by atoms with Crippen molar-refractivity contribution in [3.63, 3.8) is 0 Å². The van der Waals surface area contributed by atoms with Crippen LogP contribution in [0.5, 0.6) is 0 Å². The molecule has 0 aliphatic carbocycles. The van der Waals surface area contributed by atoms with E-state index in [-0.39, 0.29) is 17.8 Å². The van der Waals surface area contributed by atoms with Crippen LogP contribution < -0.4 is 0 Å². The zero-order valence-corrected chi connectivity index (χ0v) is 23.6. The Balaban J connectivity index is 4.60. The molecule has 0 bridgehead atoms. The van der Waals surface area contributed by atoms with Gasteiger partial charge in [-0.1, -0.05) is 87.8 Å². The third-order valence-corrected chi connectivity index (χ3v) is 6.79. The van der Waals surface area contributed by atoms with Crippen LogP contribution in [0.3, 0.4) is 0 Å². The molecule has 0 aliphatic rings. The van der Waals surface area contributed by atoms with Crippen LogP contribution in [0.4, 0.5) is 0 Å². The number of aliphatic carboxylic acids is 1. The number of unbranched alkanes of at least 4 members (excludes halogenated alkanes) is 1. The van der Waals surface area contributed by atoms with E-state index in [0.717, 1.165) is 42.9 Å². The molecule has 5 N–H and O–H groups in total. The van der Waals surface area contributed by atoms with Crippen LogP contribution >= 0.6 is 0 Å². The smallest absolute Gasteiger partial charge is 0.327 e. The molecule has 37 heavy (non-hydrogen) atoms. The molecule has 0 rings (SSSR count). The summed E-state index contributed by atoms with van der Waals surface area (Å²) in [6.45, 7) is 13.5. The van der Waals surface area contributed by atoms with Crippen LogP contribution in [0, 0.1) is 17.8 Å². The van der Waals surface area contributed by atoms with Crippen LogP contribution in [-0.4, -0.2) is 55.9 Å². The van der Waals surface area contributed by atoms with Gasteiger partial charge in [-0.2, -0.15) is 0 Å². The Bertz CT molecular complexity index is 766. The SMILES string of the molecule is C=C(C)C=CC(O)C(CCCC)CCC(O)CCC(C)C(O)CC=C(C)C=CC(O)C(C)C=CC(=O)O. The van der Waals surface area contributed by atoms with Gasteiger partial charge in [0.25, 0.3) is 0 Å². The zero-order chi connectivity index (χ0) is 28.4. The molecule has 0 spiro atoms. The highest BCUT2D eigenvalue weighted by atomic mass is 16.4. The number of aliphatic hydroxyl groups is 4. The zero-order valence-electron chi connectivity index (χ0n) is 23.6. The summed E-state index contributed by atoms with van der Waals surface area (Å²) in [5.74, 6) is -1.23. The molecule has 0 saturated carbocycles. The average molecular weight is 521 g/mol. The lowest BCUT2D eigenvalue weighted by Crippen LogP contribution is -2.22. The van der Waals surface area contributed by atoms with Crippen molar-refractivity contribution in [3.05, 3.63) is 60.3 Å². The monoisotopic (exact) mass is 520 g/mol. The van der Waals surface area contributed by atoms with Crippen LogP contribution in [0.2, 0.25) is 0 Å². The highest BCUT2D eigenvalue weighted by Crippen LogP contribution is 2.24. The predicted molar refractivity (Wildman–Crippen MR) is 152 cm³/mol. The second-order valence-corrected chi connectivity index (χ2v) is 10.5. The first kappa shape index (κ1) is 35.0. The third kappa shape index (κ3) is 18.0. The Morgan fingerprint density at radius 3 is 2.05 bits per heavy atom. The number of aliphatic hydroxyl groups excluding tert-OH is 4. The second kappa shape index (κ2) is 20.0. The molecule has 6 heteroatoms. The third-order valence-electron chi connectivity index (χ3n) is 6.79. The van der Waals surface area contributed by atoms with E-state index in [1.165, 1.54) is 6.08 Å². The molecule has 0 amide bonds. The van der Waals surface area contributed by atoms with Crippen molar-refractivity contribution in [1.29, 1.82) is 0 Å². The fourth-order valence-electron chi connectivity index (χ4n) is 3.95. The maximum absolute atomic E-state index is 10.6. The van der Waals surface area contributed by atoms with E-state index in [4.69, 9.17) is 5.11 Å². The van der Waals surface area contributed by atoms with Crippen molar-refractivity contribution in [3.8, 4) is 0 Å². The van der Waals surface area contributed by atoms with Crippen molar-refractivity contribution in [2.45, 2.75) is 110 Å². The number of carbonyl (C=O) groups is 1.